The molecule has 1 aromatic heterocycles. The predicted molar refractivity (Wildman–Crippen MR) is 64.1 cm³/mol. The van der Waals surface area contributed by atoms with Crippen molar-refractivity contribution in [3.8, 4) is 6.07 Å². The van der Waals surface area contributed by atoms with Crippen molar-refractivity contribution in [2.24, 2.45) is 0 Å². The number of hydrogen-bond donors (Lipinski definition) is 1. The van der Waals surface area contributed by atoms with Crippen LogP contribution in [0.15, 0.2) is 16.7 Å². The van der Waals surface area contributed by atoms with Gasteiger partial charge in [-0.25, -0.2) is 4.98 Å². The lowest BCUT2D eigenvalue weighted by atomic mass is 10.1. The van der Waals surface area contributed by atoms with E-state index in [0.29, 0.717) is 18.0 Å². The maximum absolute atomic E-state index is 8.99. The van der Waals surface area contributed by atoms with Gasteiger partial charge in [0.2, 0.25) is 0 Å². The van der Waals surface area contributed by atoms with Crippen molar-refractivity contribution >= 4 is 21.7 Å². The smallest absolute Gasteiger partial charge is 0.144 e. The van der Waals surface area contributed by atoms with Crippen LogP contribution in [-0.4, -0.2) is 24.2 Å². The van der Waals surface area contributed by atoms with Crippen LogP contribution in [0.5, 0.6) is 0 Å². The van der Waals surface area contributed by atoms with Crippen molar-refractivity contribution in [2.75, 3.05) is 18.5 Å². The van der Waals surface area contributed by atoms with Crippen molar-refractivity contribution < 1.29 is 4.74 Å². The van der Waals surface area contributed by atoms with Crippen molar-refractivity contribution in [3.63, 3.8) is 0 Å². The summed E-state index contributed by atoms with van der Waals surface area (Å²) in [5, 5.41) is 12.2. The third-order valence-electron chi connectivity index (χ3n) is 2.48. The molecule has 0 spiro atoms. The Morgan fingerprint density at radius 2 is 2.50 bits per heavy atom. The number of hydrogen-bond acceptors (Lipinski definition) is 4. The Hall–Kier alpha value is -1.12. The summed E-state index contributed by atoms with van der Waals surface area (Å²) in [6, 6.07) is 4.15. The van der Waals surface area contributed by atoms with Gasteiger partial charge in [0.1, 0.15) is 11.9 Å². The molecular formula is C11H12BrN3O. The fourth-order valence-electron chi connectivity index (χ4n) is 1.69. The number of aromatic nitrogens is 1. The van der Waals surface area contributed by atoms with Crippen LogP contribution in [0.25, 0.3) is 0 Å². The molecule has 0 amide bonds. The van der Waals surface area contributed by atoms with Crippen LogP contribution in [0, 0.1) is 11.3 Å². The molecule has 1 unspecified atom stereocenters. The molecule has 5 heteroatoms. The number of anilines is 1. The summed E-state index contributed by atoms with van der Waals surface area (Å²) in [6.45, 7) is 1.51. The Kier molecular flexibility index (Phi) is 3.75. The number of nitrogens with zero attached hydrogens (tertiary/aromatic N) is 2. The van der Waals surface area contributed by atoms with E-state index in [4.69, 9.17) is 10.00 Å². The zero-order valence-corrected chi connectivity index (χ0v) is 10.3. The highest BCUT2D eigenvalue weighted by molar-refractivity contribution is 9.10. The average Bonchev–Trinajstić information content (AvgIpc) is 2.33. The summed E-state index contributed by atoms with van der Waals surface area (Å²) < 4.78 is 6.18. The topological polar surface area (TPSA) is 57.9 Å². The van der Waals surface area contributed by atoms with Gasteiger partial charge in [0.25, 0.3) is 0 Å². The van der Waals surface area contributed by atoms with Gasteiger partial charge >= 0.3 is 0 Å². The lowest BCUT2D eigenvalue weighted by Crippen LogP contribution is -2.30. The molecule has 1 fully saturated rings. The molecule has 16 heavy (non-hydrogen) atoms. The molecule has 0 saturated carbocycles. The molecule has 1 aromatic rings. The second-order valence-corrected chi connectivity index (χ2v) is 4.64. The van der Waals surface area contributed by atoms with E-state index < -0.39 is 0 Å². The number of nitriles is 1. The molecular weight excluding hydrogens is 270 g/mol. The highest BCUT2D eigenvalue weighted by atomic mass is 79.9. The fourth-order valence-corrected chi connectivity index (χ4v) is 2.02. The maximum Gasteiger partial charge on any atom is 0.144 e. The van der Waals surface area contributed by atoms with E-state index in [1.165, 1.54) is 0 Å². The highest BCUT2D eigenvalue weighted by Gasteiger charge is 2.15. The first-order valence-corrected chi connectivity index (χ1v) is 5.99. The van der Waals surface area contributed by atoms with Crippen LogP contribution in [0.4, 0.5) is 5.82 Å². The van der Waals surface area contributed by atoms with Gasteiger partial charge in [-0.1, -0.05) is 0 Å². The first-order valence-electron chi connectivity index (χ1n) is 5.19. The molecule has 4 nitrogen and oxygen atoms in total. The first-order chi connectivity index (χ1) is 7.79. The van der Waals surface area contributed by atoms with Gasteiger partial charge in [-0.2, -0.15) is 5.26 Å². The van der Waals surface area contributed by atoms with Crippen LogP contribution in [-0.2, 0) is 4.74 Å². The van der Waals surface area contributed by atoms with Crippen molar-refractivity contribution in [3.05, 3.63) is 22.3 Å². The molecule has 0 radical (unpaired) electrons. The largest absolute Gasteiger partial charge is 0.379 e. The van der Waals surface area contributed by atoms with Gasteiger partial charge in [-0.15, -0.1) is 0 Å². The minimum atomic E-state index is 0.259. The van der Waals surface area contributed by atoms with E-state index in [0.717, 1.165) is 23.9 Å². The number of halogens is 1. The Balaban J connectivity index is 2.11. The number of ether oxygens (including phenoxy) is 1. The number of pyridine rings is 1. The van der Waals surface area contributed by atoms with Gasteiger partial charge < -0.3 is 10.1 Å². The van der Waals surface area contributed by atoms with E-state index in [-0.39, 0.29) is 6.04 Å². The SMILES string of the molecule is N#Cc1cc(Br)cnc1NC1CCCOC1. The molecule has 1 aliphatic heterocycles. The van der Waals surface area contributed by atoms with Gasteiger partial charge in [0.05, 0.1) is 18.2 Å². The Morgan fingerprint density at radius 3 is 3.19 bits per heavy atom. The van der Waals surface area contributed by atoms with E-state index in [1.54, 1.807) is 12.3 Å². The molecule has 1 N–H and O–H groups in total. The van der Waals surface area contributed by atoms with Crippen LogP contribution >= 0.6 is 15.9 Å². The molecule has 1 aliphatic rings. The molecule has 84 valence electrons. The molecule has 0 aliphatic carbocycles. The van der Waals surface area contributed by atoms with Crippen LogP contribution in [0.1, 0.15) is 18.4 Å². The van der Waals surface area contributed by atoms with E-state index >= 15 is 0 Å². The normalized spacial score (nSPS) is 20.1. The summed E-state index contributed by atoms with van der Waals surface area (Å²) >= 11 is 3.30. The van der Waals surface area contributed by atoms with Crippen molar-refractivity contribution in [1.29, 1.82) is 5.26 Å². The summed E-state index contributed by atoms with van der Waals surface area (Å²) in [5.41, 5.74) is 0.556. The summed E-state index contributed by atoms with van der Waals surface area (Å²) in [5.74, 6) is 0.640. The van der Waals surface area contributed by atoms with Gasteiger partial charge in [-0.3, -0.25) is 0 Å². The Labute approximate surface area is 103 Å². The minimum absolute atomic E-state index is 0.259. The zero-order chi connectivity index (χ0) is 11.4. The first kappa shape index (κ1) is 11.4. The fraction of sp³-hybridized carbons (Fsp3) is 0.455. The number of nitrogens with one attached hydrogen (secondary N) is 1. The molecule has 1 saturated heterocycles. The second-order valence-electron chi connectivity index (χ2n) is 3.72. The van der Waals surface area contributed by atoms with E-state index in [1.807, 2.05) is 0 Å². The third-order valence-corrected chi connectivity index (χ3v) is 2.91. The average molecular weight is 282 g/mol. The van der Waals surface area contributed by atoms with Gasteiger partial charge in [0.15, 0.2) is 0 Å². The van der Waals surface area contributed by atoms with Crippen molar-refractivity contribution in [2.45, 2.75) is 18.9 Å². The van der Waals surface area contributed by atoms with Gasteiger partial charge in [-0.05, 0) is 34.8 Å². The quantitative estimate of drug-likeness (QED) is 0.904. The van der Waals surface area contributed by atoms with E-state index in [2.05, 4.69) is 32.3 Å². The molecule has 1 atom stereocenters. The standard InChI is InChI=1S/C11H12BrN3O/c12-9-4-8(5-13)11(14-6-9)15-10-2-1-3-16-7-10/h4,6,10H,1-3,7H2,(H,14,15). The summed E-state index contributed by atoms with van der Waals surface area (Å²) in [6.07, 6.45) is 3.80. The Bertz CT molecular complexity index is 410. The molecule has 2 rings (SSSR count). The van der Waals surface area contributed by atoms with Crippen LogP contribution in [0.3, 0.4) is 0 Å². The molecule has 2 heterocycles. The van der Waals surface area contributed by atoms with Crippen LogP contribution in [0.2, 0.25) is 0 Å². The predicted octanol–water partition coefficient (Wildman–Crippen LogP) is 2.31. The summed E-state index contributed by atoms with van der Waals surface area (Å²) in [7, 11) is 0. The monoisotopic (exact) mass is 281 g/mol. The number of rotatable bonds is 2. The van der Waals surface area contributed by atoms with Crippen molar-refractivity contribution in [1.82, 2.24) is 4.98 Å². The van der Waals surface area contributed by atoms with Crippen LogP contribution < -0.4 is 5.32 Å². The maximum atomic E-state index is 8.99. The molecule has 0 bridgehead atoms. The zero-order valence-electron chi connectivity index (χ0n) is 8.74. The minimum Gasteiger partial charge on any atom is -0.379 e. The lowest BCUT2D eigenvalue weighted by molar-refractivity contribution is 0.0875. The van der Waals surface area contributed by atoms with E-state index in [9.17, 15) is 0 Å². The third kappa shape index (κ3) is 2.71. The lowest BCUT2D eigenvalue weighted by Gasteiger charge is -2.23. The highest BCUT2D eigenvalue weighted by Crippen LogP contribution is 2.19. The summed E-state index contributed by atoms with van der Waals surface area (Å²) in [4.78, 5) is 4.21. The molecule has 0 aromatic carbocycles. The Morgan fingerprint density at radius 1 is 1.62 bits per heavy atom. The van der Waals surface area contributed by atoms with Gasteiger partial charge in [0, 0.05) is 17.3 Å². The second kappa shape index (κ2) is 5.28.